The van der Waals surface area contributed by atoms with Gasteiger partial charge in [0.1, 0.15) is 51.7 Å². The van der Waals surface area contributed by atoms with Gasteiger partial charge in [-0.3, -0.25) is 0 Å². The maximum atomic E-state index is 14.9. The van der Waals surface area contributed by atoms with Gasteiger partial charge in [-0.25, -0.2) is 26.7 Å². The van der Waals surface area contributed by atoms with Crippen LogP contribution in [0, 0.1) is 35.0 Å². The summed E-state index contributed by atoms with van der Waals surface area (Å²) in [6.07, 6.45) is -16.3. The number of hydrogen-bond donors (Lipinski definition) is 0. The van der Waals surface area contributed by atoms with E-state index in [1.54, 1.807) is 0 Å². The minimum Gasteiger partial charge on any atom is -0.429 e. The van der Waals surface area contributed by atoms with E-state index in [2.05, 4.69) is 21.1 Å². The third-order valence-corrected chi connectivity index (χ3v) is 7.67. The van der Waals surface area contributed by atoms with Gasteiger partial charge in [0.25, 0.3) is 0 Å². The van der Waals surface area contributed by atoms with E-state index in [0.29, 0.717) is 11.5 Å². The monoisotopic (exact) mass is 710 g/mol. The first-order valence-electron chi connectivity index (χ1n) is 14.2. The number of halogens is 14. The van der Waals surface area contributed by atoms with Crippen molar-refractivity contribution in [2.75, 3.05) is 0 Å². The smallest absolute Gasteiger partial charge is 0.429 e. The van der Waals surface area contributed by atoms with E-state index in [1.807, 2.05) is 0 Å². The minimum absolute atomic E-state index is 0.0777. The molecule has 3 aromatic carbocycles. The summed E-state index contributed by atoms with van der Waals surface area (Å²) in [5.74, 6) is -13.9. The normalized spacial score (nSPS) is 17.8. The van der Waals surface area contributed by atoms with Crippen LogP contribution < -0.4 is 9.47 Å². The molecule has 3 nitrogen and oxygen atoms in total. The fourth-order valence-electron chi connectivity index (χ4n) is 5.59. The summed E-state index contributed by atoms with van der Waals surface area (Å²) in [6.45, 7) is 2.06. The van der Waals surface area contributed by atoms with Crippen LogP contribution in [0.3, 0.4) is 0 Å². The van der Waals surface area contributed by atoms with Crippen LogP contribution in [0.15, 0.2) is 42.5 Å². The van der Waals surface area contributed by atoms with Crippen molar-refractivity contribution in [2.45, 2.75) is 76.1 Å². The molecule has 0 radical (unpaired) electrons. The molecule has 0 saturated heterocycles. The van der Waals surface area contributed by atoms with Crippen LogP contribution in [0.4, 0.5) is 61.5 Å². The highest BCUT2D eigenvalue weighted by Gasteiger charge is 2.50. The summed E-state index contributed by atoms with van der Waals surface area (Å²) in [7, 11) is 0. The Morgan fingerprint density at radius 1 is 0.583 bits per heavy atom. The van der Waals surface area contributed by atoms with Crippen molar-refractivity contribution < 1.29 is 75.7 Å². The average Bonchev–Trinajstić information content (AvgIpc) is 2.90. The van der Waals surface area contributed by atoms with Gasteiger partial charge in [-0.2, -0.15) is 26.3 Å². The molecule has 0 aromatic heterocycles. The SMILES string of the molecule is CCCC1CCC(c2ccc(C(F)(F)Oc3cc(F)c(C(F)(F)Oc4cc(F)c(C(F)(F)OC(F)(F)F)c(F)c4)c(F)c3)c(F)c2)CC1. The molecule has 3 aromatic rings. The molecule has 1 aliphatic carbocycles. The van der Waals surface area contributed by atoms with Crippen molar-refractivity contribution in [3.8, 4) is 11.5 Å². The standard InChI is InChI=1S/C31H24F14O3/c1-2-3-15-4-6-16(7-5-15)17-8-9-20(21(32)10-17)28(37,38)46-18-11-22(33)26(23(34)12-18)29(39,40)47-19-13-24(35)27(25(36)14-19)30(41,42)48-31(43,44)45/h8-16H,2-7H2,1H3. The highest BCUT2D eigenvalue weighted by atomic mass is 19.4. The Labute approximate surface area is 263 Å². The number of rotatable bonds is 11. The van der Waals surface area contributed by atoms with E-state index in [9.17, 15) is 61.5 Å². The van der Waals surface area contributed by atoms with Crippen molar-refractivity contribution in [3.63, 3.8) is 0 Å². The van der Waals surface area contributed by atoms with Gasteiger partial charge in [0.15, 0.2) is 0 Å². The summed E-state index contributed by atoms with van der Waals surface area (Å²) in [5, 5.41) is 0. The van der Waals surface area contributed by atoms with Gasteiger partial charge in [0, 0.05) is 24.3 Å². The first kappa shape index (κ1) is 37.1. The molecule has 0 amide bonds. The van der Waals surface area contributed by atoms with Crippen molar-refractivity contribution >= 4 is 0 Å². The van der Waals surface area contributed by atoms with E-state index in [0.717, 1.165) is 50.7 Å². The van der Waals surface area contributed by atoms with Gasteiger partial charge < -0.3 is 9.47 Å². The lowest BCUT2D eigenvalue weighted by Gasteiger charge is -2.29. The number of alkyl halides is 9. The Morgan fingerprint density at radius 3 is 1.48 bits per heavy atom. The molecule has 0 spiro atoms. The second-order valence-electron chi connectivity index (χ2n) is 11.1. The zero-order valence-corrected chi connectivity index (χ0v) is 24.5. The molecule has 0 aliphatic heterocycles. The van der Waals surface area contributed by atoms with Crippen LogP contribution in [-0.2, 0) is 23.1 Å². The van der Waals surface area contributed by atoms with Gasteiger partial charge in [0.2, 0.25) is 0 Å². The summed E-state index contributed by atoms with van der Waals surface area (Å²) < 4.78 is 206. The van der Waals surface area contributed by atoms with Crippen LogP contribution in [0.1, 0.15) is 73.6 Å². The summed E-state index contributed by atoms with van der Waals surface area (Å²) in [6, 6.07) is 1.64. The quantitative estimate of drug-likeness (QED) is 0.186. The molecule has 1 aliphatic rings. The molecule has 0 unspecified atom stereocenters. The lowest BCUT2D eigenvalue weighted by atomic mass is 9.77. The Morgan fingerprint density at radius 2 is 1.04 bits per heavy atom. The predicted octanol–water partition coefficient (Wildman–Crippen LogP) is 11.3. The summed E-state index contributed by atoms with van der Waals surface area (Å²) >= 11 is 0. The average molecular weight is 711 g/mol. The van der Waals surface area contributed by atoms with E-state index in [4.69, 9.17) is 0 Å². The highest BCUT2D eigenvalue weighted by Crippen LogP contribution is 2.44. The van der Waals surface area contributed by atoms with Crippen molar-refractivity contribution in [2.24, 2.45) is 5.92 Å². The minimum atomic E-state index is -6.09. The van der Waals surface area contributed by atoms with Crippen LogP contribution in [0.25, 0.3) is 0 Å². The third kappa shape index (κ3) is 8.44. The van der Waals surface area contributed by atoms with Gasteiger partial charge in [-0.1, -0.05) is 25.8 Å². The second-order valence-corrected chi connectivity index (χ2v) is 11.1. The van der Waals surface area contributed by atoms with Gasteiger partial charge in [0.05, 0.1) is 5.56 Å². The molecule has 264 valence electrons. The van der Waals surface area contributed by atoms with E-state index >= 15 is 0 Å². The molecule has 0 heterocycles. The Balaban J connectivity index is 1.52. The Kier molecular flexibility index (Phi) is 10.5. The number of benzene rings is 3. The Bertz CT molecular complexity index is 1570. The first-order chi connectivity index (χ1) is 22.1. The zero-order valence-electron chi connectivity index (χ0n) is 24.5. The van der Waals surface area contributed by atoms with E-state index in [1.165, 1.54) is 6.07 Å². The summed E-state index contributed by atoms with van der Waals surface area (Å²) in [4.78, 5) is 0. The van der Waals surface area contributed by atoms with Crippen molar-refractivity contribution in [3.05, 3.63) is 93.8 Å². The second kappa shape index (κ2) is 13.6. The molecule has 48 heavy (non-hydrogen) atoms. The first-order valence-corrected chi connectivity index (χ1v) is 14.2. The van der Waals surface area contributed by atoms with Gasteiger partial charge in [-0.05, 0) is 55.2 Å². The van der Waals surface area contributed by atoms with Crippen LogP contribution in [-0.4, -0.2) is 6.36 Å². The number of ether oxygens (including phenoxy) is 3. The zero-order chi connectivity index (χ0) is 35.8. The molecule has 0 atom stereocenters. The third-order valence-electron chi connectivity index (χ3n) is 7.67. The topological polar surface area (TPSA) is 27.7 Å². The van der Waals surface area contributed by atoms with E-state index < -0.39 is 94.1 Å². The molecule has 0 N–H and O–H groups in total. The van der Waals surface area contributed by atoms with Crippen molar-refractivity contribution in [1.82, 2.24) is 0 Å². The largest absolute Gasteiger partial charge is 0.527 e. The fraction of sp³-hybridized carbons (Fsp3) is 0.419. The summed E-state index contributed by atoms with van der Waals surface area (Å²) in [5.41, 5.74) is -5.86. The molecule has 0 bridgehead atoms. The maximum absolute atomic E-state index is 14.9. The molecule has 1 saturated carbocycles. The van der Waals surface area contributed by atoms with Gasteiger partial charge in [-0.15, -0.1) is 13.2 Å². The molecule has 17 heteroatoms. The van der Waals surface area contributed by atoms with Crippen LogP contribution in [0.5, 0.6) is 11.5 Å². The van der Waals surface area contributed by atoms with Gasteiger partial charge >= 0.3 is 24.7 Å². The molecular weight excluding hydrogens is 686 g/mol. The fourth-order valence-corrected chi connectivity index (χ4v) is 5.59. The maximum Gasteiger partial charge on any atom is 0.527 e. The molecule has 4 rings (SSSR count). The van der Waals surface area contributed by atoms with E-state index in [-0.39, 0.29) is 18.1 Å². The van der Waals surface area contributed by atoms with Crippen LogP contribution in [0.2, 0.25) is 0 Å². The predicted molar refractivity (Wildman–Crippen MR) is 139 cm³/mol. The lowest BCUT2D eigenvalue weighted by Crippen LogP contribution is -2.30. The highest BCUT2D eigenvalue weighted by molar-refractivity contribution is 5.37. The number of hydrogen-bond acceptors (Lipinski definition) is 3. The lowest BCUT2D eigenvalue weighted by molar-refractivity contribution is -0.432. The molecule has 1 fully saturated rings. The van der Waals surface area contributed by atoms with Crippen molar-refractivity contribution in [1.29, 1.82) is 0 Å². The Hall–Kier alpha value is -3.76. The molecular formula is C31H24F14O3. The van der Waals surface area contributed by atoms with Crippen LogP contribution >= 0.6 is 0 Å².